The SMILES string of the molecule is C=CC1CC1(NC(=O)C1CC(NC(=O)OCC2c3ccccc3-c3ccccc32)CN1C(=O)C(NC(=O)OC(C)(C)C)C(C)(C)C)C(=O)OCC. The summed E-state index contributed by atoms with van der Waals surface area (Å²) in [6, 6.07) is 13.2. The van der Waals surface area contributed by atoms with Crippen LogP contribution < -0.4 is 16.0 Å². The summed E-state index contributed by atoms with van der Waals surface area (Å²) >= 11 is 0. The van der Waals surface area contributed by atoms with Crippen molar-refractivity contribution in [1.82, 2.24) is 20.9 Å². The van der Waals surface area contributed by atoms with Crippen molar-refractivity contribution in [2.45, 2.75) is 96.5 Å². The van der Waals surface area contributed by atoms with Crippen molar-refractivity contribution in [3.05, 3.63) is 72.3 Å². The minimum Gasteiger partial charge on any atom is -0.464 e. The number of hydrogen-bond donors (Lipinski definition) is 3. The van der Waals surface area contributed by atoms with Gasteiger partial charge in [-0.3, -0.25) is 9.59 Å². The summed E-state index contributed by atoms with van der Waals surface area (Å²) in [5.74, 6) is -2.18. The molecule has 0 bridgehead atoms. The van der Waals surface area contributed by atoms with Crippen LogP contribution in [-0.4, -0.2) is 83.9 Å². The Labute approximate surface area is 299 Å². The second kappa shape index (κ2) is 14.4. The summed E-state index contributed by atoms with van der Waals surface area (Å²) in [5, 5.41) is 8.41. The molecular weight excluding hydrogens is 652 g/mol. The fourth-order valence-corrected chi connectivity index (χ4v) is 7.04. The van der Waals surface area contributed by atoms with Gasteiger partial charge in [-0.05, 0) is 68.2 Å². The summed E-state index contributed by atoms with van der Waals surface area (Å²) < 4.78 is 16.5. The molecule has 1 heterocycles. The Kier molecular flexibility index (Phi) is 10.6. The number of fused-ring (bicyclic) bond motifs is 3. The molecule has 274 valence electrons. The van der Waals surface area contributed by atoms with Crippen molar-refractivity contribution >= 4 is 30.0 Å². The van der Waals surface area contributed by atoms with E-state index in [2.05, 4.69) is 34.7 Å². The topological polar surface area (TPSA) is 152 Å². The molecule has 2 fully saturated rings. The Hall–Kier alpha value is -4.87. The van der Waals surface area contributed by atoms with Crippen molar-refractivity contribution in [3.63, 3.8) is 0 Å². The normalized spacial score (nSPS) is 22.9. The molecule has 2 aliphatic carbocycles. The van der Waals surface area contributed by atoms with Gasteiger partial charge in [0.25, 0.3) is 0 Å². The van der Waals surface area contributed by atoms with E-state index in [1.807, 2.05) is 36.4 Å². The van der Waals surface area contributed by atoms with E-state index in [0.29, 0.717) is 6.42 Å². The number of benzene rings is 2. The number of likely N-dealkylation sites (tertiary alicyclic amines) is 1. The van der Waals surface area contributed by atoms with Gasteiger partial charge in [0.05, 0.1) is 12.6 Å². The molecule has 1 saturated heterocycles. The third-order valence-corrected chi connectivity index (χ3v) is 9.61. The van der Waals surface area contributed by atoms with Crippen LogP contribution >= 0.6 is 0 Å². The zero-order valence-corrected chi connectivity index (χ0v) is 30.5. The Balaban J connectivity index is 1.34. The zero-order valence-electron chi connectivity index (χ0n) is 30.5. The highest BCUT2D eigenvalue weighted by Gasteiger charge is 2.62. The summed E-state index contributed by atoms with van der Waals surface area (Å²) in [4.78, 5) is 68.9. The van der Waals surface area contributed by atoms with Crippen LogP contribution in [0.1, 0.15) is 78.4 Å². The van der Waals surface area contributed by atoms with Crippen LogP contribution in [0.4, 0.5) is 9.59 Å². The van der Waals surface area contributed by atoms with E-state index in [1.54, 1.807) is 54.5 Å². The van der Waals surface area contributed by atoms with Gasteiger partial charge >= 0.3 is 18.2 Å². The van der Waals surface area contributed by atoms with Crippen LogP contribution in [0, 0.1) is 11.3 Å². The fraction of sp³-hybridized carbons (Fsp3) is 0.513. The lowest BCUT2D eigenvalue weighted by molar-refractivity contribution is -0.150. The van der Waals surface area contributed by atoms with Crippen molar-refractivity contribution < 1.29 is 38.2 Å². The molecule has 4 amide bonds. The Morgan fingerprint density at radius 3 is 2.08 bits per heavy atom. The van der Waals surface area contributed by atoms with Crippen LogP contribution in [0.2, 0.25) is 0 Å². The van der Waals surface area contributed by atoms with E-state index < -0.39 is 64.7 Å². The third kappa shape index (κ3) is 8.05. The number of nitrogens with one attached hydrogen (secondary N) is 3. The molecule has 51 heavy (non-hydrogen) atoms. The molecule has 3 N–H and O–H groups in total. The number of ether oxygens (including phenoxy) is 3. The van der Waals surface area contributed by atoms with Gasteiger partial charge in [-0.15, -0.1) is 6.58 Å². The number of alkyl carbamates (subject to hydrolysis) is 2. The van der Waals surface area contributed by atoms with Gasteiger partial charge in [-0.2, -0.15) is 0 Å². The molecule has 1 saturated carbocycles. The quantitative estimate of drug-likeness (QED) is 0.177. The number of carbonyl (C=O) groups excluding carboxylic acids is 5. The molecule has 3 aliphatic rings. The summed E-state index contributed by atoms with van der Waals surface area (Å²) in [6.07, 6.45) is 0.483. The summed E-state index contributed by atoms with van der Waals surface area (Å²) in [7, 11) is 0. The maximum absolute atomic E-state index is 14.3. The Morgan fingerprint density at radius 1 is 0.941 bits per heavy atom. The van der Waals surface area contributed by atoms with E-state index in [4.69, 9.17) is 14.2 Å². The van der Waals surface area contributed by atoms with Gasteiger partial charge in [0.1, 0.15) is 29.8 Å². The molecule has 0 radical (unpaired) electrons. The third-order valence-electron chi connectivity index (χ3n) is 9.61. The number of hydrogen-bond acceptors (Lipinski definition) is 8. The molecule has 5 atom stereocenters. The van der Waals surface area contributed by atoms with Crippen molar-refractivity contribution in [3.8, 4) is 11.1 Å². The first-order valence-corrected chi connectivity index (χ1v) is 17.5. The number of esters is 1. The van der Waals surface area contributed by atoms with Gasteiger partial charge in [-0.1, -0.05) is 75.4 Å². The first-order valence-electron chi connectivity index (χ1n) is 17.5. The van der Waals surface area contributed by atoms with Crippen LogP contribution in [0.15, 0.2) is 61.2 Å². The predicted octanol–water partition coefficient (Wildman–Crippen LogP) is 5.06. The number of nitrogens with zero attached hydrogens (tertiary/aromatic N) is 1. The van der Waals surface area contributed by atoms with Crippen molar-refractivity contribution in [2.75, 3.05) is 19.8 Å². The maximum atomic E-state index is 14.3. The van der Waals surface area contributed by atoms with E-state index >= 15 is 0 Å². The van der Waals surface area contributed by atoms with Gasteiger partial charge in [0, 0.05) is 18.4 Å². The van der Waals surface area contributed by atoms with Crippen LogP contribution in [0.5, 0.6) is 0 Å². The monoisotopic (exact) mass is 702 g/mol. The van der Waals surface area contributed by atoms with E-state index in [9.17, 15) is 24.0 Å². The highest BCUT2D eigenvalue weighted by Crippen LogP contribution is 2.46. The minimum atomic E-state index is -1.29. The van der Waals surface area contributed by atoms with Gasteiger partial charge in [-0.25, -0.2) is 14.4 Å². The molecule has 2 aromatic carbocycles. The lowest BCUT2D eigenvalue weighted by Gasteiger charge is -2.36. The lowest BCUT2D eigenvalue weighted by Crippen LogP contribution is -2.59. The van der Waals surface area contributed by atoms with Gasteiger partial charge in [0.2, 0.25) is 11.8 Å². The smallest absolute Gasteiger partial charge is 0.408 e. The molecule has 12 nitrogen and oxygen atoms in total. The highest BCUT2D eigenvalue weighted by molar-refractivity contribution is 5.97. The largest absolute Gasteiger partial charge is 0.464 e. The molecule has 5 unspecified atom stereocenters. The fourth-order valence-electron chi connectivity index (χ4n) is 7.04. The van der Waals surface area contributed by atoms with Crippen LogP contribution in [0.3, 0.4) is 0 Å². The molecular formula is C39H50N4O8. The van der Waals surface area contributed by atoms with E-state index in [0.717, 1.165) is 22.3 Å². The Bertz CT molecular complexity index is 1650. The molecule has 0 aromatic heterocycles. The standard InChI is InChI=1S/C39H50N4O8/c1-9-23-20-39(23,34(46)49-10-2)42-32(44)30-19-24(21-43(30)33(45)31(37(3,4)5)41-36(48)51-38(6,7)8)40-35(47)50-22-29-27-17-13-11-15-25(27)26-16-12-14-18-28(26)29/h9,11-18,23-24,29-31H,1,10,19-22H2,2-8H3,(H,40,47)(H,41,48)(H,42,44). The van der Waals surface area contributed by atoms with E-state index in [1.165, 1.54) is 4.90 Å². The molecule has 12 heteroatoms. The lowest BCUT2D eigenvalue weighted by atomic mass is 9.85. The molecule has 0 spiro atoms. The number of rotatable bonds is 10. The highest BCUT2D eigenvalue weighted by atomic mass is 16.6. The van der Waals surface area contributed by atoms with Gasteiger partial charge in [0.15, 0.2) is 0 Å². The number of carbonyl (C=O) groups is 5. The first kappa shape index (κ1) is 37.4. The van der Waals surface area contributed by atoms with Gasteiger partial charge < -0.3 is 35.1 Å². The summed E-state index contributed by atoms with van der Waals surface area (Å²) in [6.45, 7) is 16.2. The molecule has 2 aromatic rings. The maximum Gasteiger partial charge on any atom is 0.408 e. The minimum absolute atomic E-state index is 0.0407. The van der Waals surface area contributed by atoms with E-state index in [-0.39, 0.29) is 38.0 Å². The molecule has 1 aliphatic heterocycles. The van der Waals surface area contributed by atoms with Crippen LogP contribution in [-0.2, 0) is 28.6 Å². The Morgan fingerprint density at radius 2 is 1.55 bits per heavy atom. The predicted molar refractivity (Wildman–Crippen MR) is 191 cm³/mol. The molecule has 5 rings (SSSR count). The zero-order chi connectivity index (χ0) is 37.3. The van der Waals surface area contributed by atoms with Crippen LogP contribution in [0.25, 0.3) is 11.1 Å². The summed E-state index contributed by atoms with van der Waals surface area (Å²) in [5.41, 5.74) is 1.45. The van der Waals surface area contributed by atoms with Crippen molar-refractivity contribution in [2.24, 2.45) is 11.3 Å². The first-order chi connectivity index (χ1) is 24.0. The average Bonchev–Trinajstić information content (AvgIpc) is 3.45. The van der Waals surface area contributed by atoms with Crippen molar-refractivity contribution in [1.29, 1.82) is 0 Å². The average molecular weight is 703 g/mol. The second-order valence-corrected chi connectivity index (χ2v) is 15.6. The number of amides is 4. The second-order valence-electron chi connectivity index (χ2n) is 15.6.